The van der Waals surface area contributed by atoms with Crippen LogP contribution in [-0.4, -0.2) is 57.5 Å². The van der Waals surface area contributed by atoms with Crippen LogP contribution in [0.4, 0.5) is 11.6 Å². The van der Waals surface area contributed by atoms with Crippen LogP contribution in [0.5, 0.6) is 11.5 Å². The van der Waals surface area contributed by atoms with E-state index in [1.807, 2.05) is 32.9 Å². The highest BCUT2D eigenvalue weighted by molar-refractivity contribution is 7.98. The SMILES string of the molecule is COc1ccc(OC)c(NC(=S)NC(=NCCSCc2nc[nH]c2C)Nc2nc(C)cc(C)n2)c1. The number of imidazole rings is 1. The molecule has 10 nitrogen and oxygen atoms in total. The molecule has 35 heavy (non-hydrogen) atoms. The van der Waals surface area contributed by atoms with E-state index in [0.717, 1.165) is 34.3 Å². The maximum atomic E-state index is 5.54. The van der Waals surface area contributed by atoms with Crippen molar-refractivity contribution in [3.63, 3.8) is 0 Å². The van der Waals surface area contributed by atoms with Crippen molar-refractivity contribution < 1.29 is 9.47 Å². The fourth-order valence-electron chi connectivity index (χ4n) is 3.09. The number of aliphatic imine (C=N–C) groups is 1. The Morgan fingerprint density at radius 1 is 1.09 bits per heavy atom. The number of thioether (sulfide) groups is 1. The zero-order chi connectivity index (χ0) is 25.2. The van der Waals surface area contributed by atoms with E-state index in [2.05, 4.69) is 40.9 Å². The molecule has 12 heteroatoms. The van der Waals surface area contributed by atoms with Crippen LogP contribution in [0.15, 0.2) is 35.6 Å². The quantitative estimate of drug-likeness (QED) is 0.145. The molecule has 0 spiro atoms. The van der Waals surface area contributed by atoms with E-state index in [1.165, 1.54) is 0 Å². The first kappa shape index (κ1) is 26.2. The molecule has 0 radical (unpaired) electrons. The van der Waals surface area contributed by atoms with Gasteiger partial charge in [-0.3, -0.25) is 10.3 Å². The highest BCUT2D eigenvalue weighted by atomic mass is 32.2. The molecule has 4 N–H and O–H groups in total. The largest absolute Gasteiger partial charge is 0.497 e. The molecule has 0 amide bonds. The molecule has 2 heterocycles. The van der Waals surface area contributed by atoms with Crippen molar-refractivity contribution in [3.8, 4) is 11.5 Å². The van der Waals surface area contributed by atoms with E-state index in [4.69, 9.17) is 21.7 Å². The standard InChI is InChI=1S/C23H30N8O2S2/c1-14-10-15(2)28-22(27-14)30-21(24-8-9-35-12-19-16(3)25-13-26-19)31-23(34)29-18-11-17(32-4)6-7-20(18)33-5/h6-7,10-11,13H,8-9,12H2,1-5H3,(H,25,26)(H3,24,27,28,29,30,31,34). The smallest absolute Gasteiger partial charge is 0.229 e. The molecule has 3 aromatic rings. The van der Waals surface area contributed by atoms with Crippen molar-refractivity contribution in [2.45, 2.75) is 26.5 Å². The van der Waals surface area contributed by atoms with Crippen molar-refractivity contribution in [2.24, 2.45) is 4.99 Å². The monoisotopic (exact) mass is 514 g/mol. The van der Waals surface area contributed by atoms with Gasteiger partial charge in [-0.15, -0.1) is 0 Å². The Labute approximate surface area is 214 Å². The first-order valence-corrected chi connectivity index (χ1v) is 12.4. The van der Waals surface area contributed by atoms with Crippen molar-refractivity contribution in [1.29, 1.82) is 0 Å². The molecule has 0 saturated heterocycles. The Morgan fingerprint density at radius 2 is 1.86 bits per heavy atom. The summed E-state index contributed by atoms with van der Waals surface area (Å²) in [7, 11) is 3.20. The van der Waals surface area contributed by atoms with Gasteiger partial charge in [-0.05, 0) is 51.2 Å². The molecular weight excluding hydrogens is 484 g/mol. The van der Waals surface area contributed by atoms with E-state index in [-0.39, 0.29) is 0 Å². The molecule has 2 aromatic heterocycles. The third-order valence-corrected chi connectivity index (χ3v) is 5.93. The normalized spacial score (nSPS) is 11.2. The van der Waals surface area contributed by atoms with Gasteiger partial charge in [-0.25, -0.2) is 15.0 Å². The molecular formula is C23H30N8O2S2. The number of methoxy groups -OCH3 is 2. The van der Waals surface area contributed by atoms with Gasteiger partial charge in [0.2, 0.25) is 11.9 Å². The molecule has 0 saturated carbocycles. The topological polar surface area (TPSA) is 121 Å². The van der Waals surface area contributed by atoms with Crippen molar-refractivity contribution in [2.75, 3.05) is 37.2 Å². The summed E-state index contributed by atoms with van der Waals surface area (Å²) in [4.78, 5) is 21.0. The van der Waals surface area contributed by atoms with Gasteiger partial charge in [0.1, 0.15) is 11.5 Å². The van der Waals surface area contributed by atoms with Gasteiger partial charge in [0, 0.05) is 34.7 Å². The van der Waals surface area contributed by atoms with Gasteiger partial charge >= 0.3 is 0 Å². The average molecular weight is 515 g/mol. The van der Waals surface area contributed by atoms with E-state index < -0.39 is 0 Å². The number of aromatic amines is 1. The van der Waals surface area contributed by atoms with Gasteiger partial charge in [-0.1, -0.05) is 0 Å². The minimum atomic E-state index is 0.326. The minimum Gasteiger partial charge on any atom is -0.497 e. The first-order valence-electron chi connectivity index (χ1n) is 10.9. The lowest BCUT2D eigenvalue weighted by molar-refractivity contribution is 0.405. The summed E-state index contributed by atoms with van der Waals surface area (Å²) < 4.78 is 10.7. The van der Waals surface area contributed by atoms with Gasteiger partial charge < -0.3 is 25.1 Å². The van der Waals surface area contributed by atoms with Crippen molar-refractivity contribution in [3.05, 3.63) is 53.4 Å². The van der Waals surface area contributed by atoms with E-state index >= 15 is 0 Å². The summed E-state index contributed by atoms with van der Waals surface area (Å²) in [6.45, 7) is 6.40. The number of guanidine groups is 1. The predicted molar refractivity (Wildman–Crippen MR) is 146 cm³/mol. The van der Waals surface area contributed by atoms with Crippen LogP contribution < -0.4 is 25.4 Å². The van der Waals surface area contributed by atoms with Gasteiger partial charge in [0.15, 0.2) is 5.11 Å². The summed E-state index contributed by atoms with van der Waals surface area (Å²) in [6.07, 6.45) is 1.71. The molecule has 0 atom stereocenters. The molecule has 0 bridgehead atoms. The molecule has 1 aromatic carbocycles. The van der Waals surface area contributed by atoms with Crippen LogP contribution in [0.1, 0.15) is 22.8 Å². The van der Waals surface area contributed by atoms with Crippen LogP contribution in [0, 0.1) is 20.8 Å². The summed E-state index contributed by atoms with van der Waals surface area (Å²) in [6, 6.07) is 7.33. The summed E-state index contributed by atoms with van der Waals surface area (Å²) >= 11 is 7.29. The van der Waals surface area contributed by atoms with Gasteiger partial charge in [-0.2, -0.15) is 11.8 Å². The van der Waals surface area contributed by atoms with Gasteiger partial charge in [0.05, 0.1) is 38.5 Å². The van der Waals surface area contributed by atoms with Crippen LogP contribution in [-0.2, 0) is 5.75 Å². The Kier molecular flexibility index (Phi) is 9.67. The summed E-state index contributed by atoms with van der Waals surface area (Å²) in [5.41, 5.74) is 4.51. The number of benzene rings is 1. The number of hydrogen-bond acceptors (Lipinski definition) is 8. The van der Waals surface area contributed by atoms with Crippen molar-refractivity contribution >= 4 is 46.7 Å². The Bertz CT molecular complexity index is 1160. The third kappa shape index (κ3) is 8.11. The molecule has 0 aliphatic heterocycles. The maximum Gasteiger partial charge on any atom is 0.229 e. The number of rotatable bonds is 9. The summed E-state index contributed by atoms with van der Waals surface area (Å²) in [5, 5.41) is 9.72. The highest BCUT2D eigenvalue weighted by Crippen LogP contribution is 2.28. The number of aromatic nitrogens is 4. The lowest BCUT2D eigenvalue weighted by atomic mass is 10.2. The number of H-pyrrole nitrogens is 1. The second-order valence-corrected chi connectivity index (χ2v) is 9.02. The number of nitrogens with zero attached hydrogens (tertiary/aromatic N) is 4. The highest BCUT2D eigenvalue weighted by Gasteiger charge is 2.11. The average Bonchev–Trinajstić information content (AvgIpc) is 3.22. The molecule has 0 fully saturated rings. The molecule has 0 unspecified atom stereocenters. The Morgan fingerprint density at radius 3 is 2.51 bits per heavy atom. The molecule has 0 aliphatic rings. The van der Waals surface area contributed by atoms with Crippen molar-refractivity contribution in [1.82, 2.24) is 25.3 Å². The number of ether oxygens (including phenoxy) is 2. The Balaban J connectivity index is 1.68. The van der Waals surface area contributed by atoms with Crippen LogP contribution >= 0.6 is 24.0 Å². The molecule has 0 aliphatic carbocycles. The second kappa shape index (κ2) is 12.9. The zero-order valence-electron chi connectivity index (χ0n) is 20.4. The third-order valence-electron chi connectivity index (χ3n) is 4.78. The molecule has 186 valence electrons. The summed E-state index contributed by atoms with van der Waals surface area (Å²) in [5.74, 6) is 3.80. The number of hydrogen-bond donors (Lipinski definition) is 4. The fourth-order valence-corrected chi connectivity index (χ4v) is 4.15. The fraction of sp³-hybridized carbons (Fsp3) is 0.348. The maximum absolute atomic E-state index is 5.54. The second-order valence-electron chi connectivity index (χ2n) is 7.50. The van der Waals surface area contributed by atoms with Crippen LogP contribution in [0.3, 0.4) is 0 Å². The zero-order valence-corrected chi connectivity index (χ0v) is 22.1. The van der Waals surface area contributed by atoms with E-state index in [9.17, 15) is 0 Å². The number of anilines is 2. The number of aryl methyl sites for hydroxylation is 3. The molecule has 3 rings (SSSR count). The van der Waals surface area contributed by atoms with Crippen LogP contribution in [0.25, 0.3) is 0 Å². The minimum absolute atomic E-state index is 0.326. The number of thiocarbonyl (C=S) groups is 1. The predicted octanol–water partition coefficient (Wildman–Crippen LogP) is 3.83. The van der Waals surface area contributed by atoms with E-state index in [0.29, 0.717) is 40.8 Å². The van der Waals surface area contributed by atoms with Gasteiger partial charge in [0.25, 0.3) is 0 Å². The first-order chi connectivity index (χ1) is 16.9. The Hall–Kier alpha value is -3.38. The van der Waals surface area contributed by atoms with E-state index in [1.54, 1.807) is 44.4 Å². The lowest BCUT2D eigenvalue weighted by Crippen LogP contribution is -2.39. The lowest BCUT2D eigenvalue weighted by Gasteiger charge is -2.16. The van der Waals surface area contributed by atoms with Crippen LogP contribution in [0.2, 0.25) is 0 Å². The number of nitrogens with one attached hydrogen (secondary N) is 4.